The molecule has 1 heterocycles. The van der Waals surface area contributed by atoms with E-state index in [9.17, 15) is 14.4 Å². The zero-order valence-corrected chi connectivity index (χ0v) is 13.2. The molecule has 0 aromatic rings. The standard InChI is InChI=1S/C17H24N2O3/c1-10(2)9-14(15(20)18-11-7-8-11)19-16(21)12-5-3-4-6-13(12)17(19)22/h3-4,10-14H,5-9H2,1-2H3,(H,18,20). The Labute approximate surface area is 131 Å². The first-order valence-corrected chi connectivity index (χ1v) is 8.31. The highest BCUT2D eigenvalue weighted by molar-refractivity contribution is 6.08. The van der Waals surface area contributed by atoms with Gasteiger partial charge >= 0.3 is 0 Å². The number of fused-ring (bicyclic) bond motifs is 1. The van der Waals surface area contributed by atoms with Gasteiger partial charge in [-0.25, -0.2) is 0 Å². The highest BCUT2D eigenvalue weighted by atomic mass is 16.2. The Morgan fingerprint density at radius 1 is 1.18 bits per heavy atom. The van der Waals surface area contributed by atoms with Crippen LogP contribution in [0.25, 0.3) is 0 Å². The van der Waals surface area contributed by atoms with E-state index in [1.54, 1.807) is 0 Å². The molecule has 2 fully saturated rings. The van der Waals surface area contributed by atoms with Crippen LogP contribution >= 0.6 is 0 Å². The summed E-state index contributed by atoms with van der Waals surface area (Å²) in [6.45, 7) is 4.02. The largest absolute Gasteiger partial charge is 0.352 e. The molecule has 5 nitrogen and oxygen atoms in total. The molecule has 120 valence electrons. The van der Waals surface area contributed by atoms with E-state index in [1.807, 2.05) is 26.0 Å². The summed E-state index contributed by atoms with van der Waals surface area (Å²) < 4.78 is 0. The maximum Gasteiger partial charge on any atom is 0.243 e. The Kier molecular flexibility index (Phi) is 4.06. The average molecular weight is 304 g/mol. The number of rotatable bonds is 5. The highest BCUT2D eigenvalue weighted by Gasteiger charge is 2.51. The zero-order valence-electron chi connectivity index (χ0n) is 13.2. The molecule has 22 heavy (non-hydrogen) atoms. The van der Waals surface area contributed by atoms with Gasteiger partial charge in [-0.05, 0) is 38.0 Å². The highest BCUT2D eigenvalue weighted by Crippen LogP contribution is 2.37. The van der Waals surface area contributed by atoms with E-state index in [2.05, 4.69) is 5.32 Å². The predicted molar refractivity (Wildman–Crippen MR) is 81.6 cm³/mol. The number of allylic oxidation sites excluding steroid dienone is 2. The van der Waals surface area contributed by atoms with Crippen LogP contribution in [0.1, 0.15) is 46.0 Å². The lowest BCUT2D eigenvalue weighted by Gasteiger charge is -2.27. The van der Waals surface area contributed by atoms with Crippen molar-refractivity contribution in [2.24, 2.45) is 17.8 Å². The second-order valence-electron chi connectivity index (χ2n) is 7.13. The molecule has 0 aromatic carbocycles. The first kappa shape index (κ1) is 15.3. The Morgan fingerprint density at radius 3 is 2.18 bits per heavy atom. The molecule has 3 atom stereocenters. The third-order valence-corrected chi connectivity index (χ3v) is 4.77. The van der Waals surface area contributed by atoms with Crippen LogP contribution in [-0.2, 0) is 14.4 Å². The molecule has 3 unspecified atom stereocenters. The number of hydrogen-bond acceptors (Lipinski definition) is 3. The van der Waals surface area contributed by atoms with Gasteiger partial charge in [0.25, 0.3) is 0 Å². The Balaban J connectivity index is 1.81. The van der Waals surface area contributed by atoms with Gasteiger partial charge in [-0.2, -0.15) is 0 Å². The quantitative estimate of drug-likeness (QED) is 0.620. The van der Waals surface area contributed by atoms with Crippen LogP contribution in [-0.4, -0.2) is 34.7 Å². The second kappa shape index (κ2) is 5.86. The number of carbonyl (C=O) groups excluding carboxylic acids is 3. The van der Waals surface area contributed by atoms with Crippen LogP contribution in [0, 0.1) is 17.8 Å². The molecule has 0 spiro atoms. The van der Waals surface area contributed by atoms with E-state index in [-0.39, 0.29) is 41.5 Å². The van der Waals surface area contributed by atoms with Crippen LogP contribution in [0.15, 0.2) is 12.2 Å². The van der Waals surface area contributed by atoms with Crippen molar-refractivity contribution in [3.63, 3.8) is 0 Å². The minimum atomic E-state index is -0.647. The van der Waals surface area contributed by atoms with Crippen molar-refractivity contribution in [1.82, 2.24) is 10.2 Å². The van der Waals surface area contributed by atoms with Crippen LogP contribution in [0.3, 0.4) is 0 Å². The van der Waals surface area contributed by atoms with Gasteiger partial charge in [-0.3, -0.25) is 19.3 Å². The van der Waals surface area contributed by atoms with Crippen LogP contribution in [0.4, 0.5) is 0 Å². The summed E-state index contributed by atoms with van der Waals surface area (Å²) in [6.07, 6.45) is 7.70. The van der Waals surface area contributed by atoms with Crippen LogP contribution < -0.4 is 5.32 Å². The number of nitrogens with one attached hydrogen (secondary N) is 1. The monoisotopic (exact) mass is 304 g/mol. The minimum Gasteiger partial charge on any atom is -0.352 e. The summed E-state index contributed by atoms with van der Waals surface area (Å²) in [7, 11) is 0. The number of likely N-dealkylation sites (tertiary alicyclic amines) is 1. The van der Waals surface area contributed by atoms with Crippen molar-refractivity contribution in [3.05, 3.63) is 12.2 Å². The van der Waals surface area contributed by atoms with Gasteiger partial charge in [0.15, 0.2) is 0 Å². The van der Waals surface area contributed by atoms with Crippen molar-refractivity contribution in [3.8, 4) is 0 Å². The number of amides is 3. The zero-order chi connectivity index (χ0) is 15.9. The van der Waals surface area contributed by atoms with Crippen LogP contribution in [0.5, 0.6) is 0 Å². The molecule has 0 aromatic heterocycles. The maximum absolute atomic E-state index is 12.7. The van der Waals surface area contributed by atoms with Gasteiger partial charge in [-0.15, -0.1) is 0 Å². The van der Waals surface area contributed by atoms with Gasteiger partial charge in [-0.1, -0.05) is 26.0 Å². The molecule has 3 rings (SSSR count). The normalized spacial score (nSPS) is 29.0. The first-order chi connectivity index (χ1) is 10.5. The SMILES string of the molecule is CC(C)CC(C(=O)NC1CC1)N1C(=O)C2CC=CCC2C1=O. The van der Waals surface area contributed by atoms with E-state index in [0.29, 0.717) is 19.3 Å². The van der Waals surface area contributed by atoms with Crippen molar-refractivity contribution in [1.29, 1.82) is 0 Å². The number of hydrogen-bond donors (Lipinski definition) is 1. The molecule has 1 aliphatic heterocycles. The van der Waals surface area contributed by atoms with E-state index >= 15 is 0 Å². The molecule has 3 aliphatic rings. The van der Waals surface area contributed by atoms with Crippen LogP contribution in [0.2, 0.25) is 0 Å². The molecule has 1 N–H and O–H groups in total. The molecule has 5 heteroatoms. The van der Waals surface area contributed by atoms with Gasteiger partial charge in [0, 0.05) is 6.04 Å². The smallest absolute Gasteiger partial charge is 0.243 e. The Bertz CT molecular complexity index is 496. The van der Waals surface area contributed by atoms with Gasteiger partial charge in [0.2, 0.25) is 17.7 Å². The Hall–Kier alpha value is -1.65. The van der Waals surface area contributed by atoms with Crippen molar-refractivity contribution in [2.45, 2.75) is 58.0 Å². The molecule has 2 aliphatic carbocycles. The fourth-order valence-corrected chi connectivity index (χ4v) is 3.43. The van der Waals surface area contributed by atoms with E-state index in [1.165, 1.54) is 4.90 Å². The van der Waals surface area contributed by atoms with Crippen molar-refractivity contribution in [2.75, 3.05) is 0 Å². The topological polar surface area (TPSA) is 66.5 Å². The molecule has 3 amide bonds. The Morgan fingerprint density at radius 2 is 1.73 bits per heavy atom. The lowest BCUT2D eigenvalue weighted by Crippen LogP contribution is -2.51. The summed E-state index contributed by atoms with van der Waals surface area (Å²) >= 11 is 0. The number of carbonyl (C=O) groups is 3. The fourth-order valence-electron chi connectivity index (χ4n) is 3.43. The minimum absolute atomic E-state index is 0.157. The average Bonchev–Trinajstić information content (AvgIpc) is 3.25. The fraction of sp³-hybridized carbons (Fsp3) is 0.706. The maximum atomic E-state index is 12.7. The van der Waals surface area contributed by atoms with E-state index in [0.717, 1.165) is 12.8 Å². The van der Waals surface area contributed by atoms with Gasteiger partial charge in [0.05, 0.1) is 11.8 Å². The molecular weight excluding hydrogens is 280 g/mol. The second-order valence-corrected chi connectivity index (χ2v) is 7.13. The molecule has 0 radical (unpaired) electrons. The third-order valence-electron chi connectivity index (χ3n) is 4.77. The predicted octanol–water partition coefficient (Wildman–Crippen LogP) is 1.63. The van der Waals surface area contributed by atoms with E-state index in [4.69, 9.17) is 0 Å². The lowest BCUT2D eigenvalue weighted by molar-refractivity contribution is -0.148. The summed E-state index contributed by atoms with van der Waals surface area (Å²) in [4.78, 5) is 39.2. The lowest BCUT2D eigenvalue weighted by atomic mass is 9.85. The van der Waals surface area contributed by atoms with Crippen molar-refractivity contribution < 1.29 is 14.4 Å². The van der Waals surface area contributed by atoms with E-state index < -0.39 is 6.04 Å². The van der Waals surface area contributed by atoms with Crippen molar-refractivity contribution >= 4 is 17.7 Å². The number of imide groups is 1. The number of nitrogens with zero attached hydrogens (tertiary/aromatic N) is 1. The summed E-state index contributed by atoms with van der Waals surface area (Å²) in [6, 6.07) is -0.412. The molecule has 1 saturated carbocycles. The van der Waals surface area contributed by atoms with Gasteiger partial charge in [0.1, 0.15) is 6.04 Å². The summed E-state index contributed by atoms with van der Waals surface area (Å²) in [5, 5.41) is 2.96. The summed E-state index contributed by atoms with van der Waals surface area (Å²) in [5.74, 6) is -0.755. The third kappa shape index (κ3) is 2.81. The molecular formula is C17H24N2O3. The van der Waals surface area contributed by atoms with Gasteiger partial charge < -0.3 is 5.32 Å². The molecule has 0 bridgehead atoms. The summed E-state index contributed by atoms with van der Waals surface area (Å²) in [5.41, 5.74) is 0. The molecule has 1 saturated heterocycles. The first-order valence-electron chi connectivity index (χ1n) is 8.31.